The van der Waals surface area contributed by atoms with Crippen LogP contribution in [-0.2, 0) is 17.8 Å². The highest BCUT2D eigenvalue weighted by atomic mass is 35.5. The summed E-state index contributed by atoms with van der Waals surface area (Å²) in [5.41, 5.74) is 5.04. The first-order chi connectivity index (χ1) is 12.3. The molecule has 0 unspecified atom stereocenters. The smallest absolute Gasteiger partial charge is 0.303 e. The topological polar surface area (TPSA) is 59.4 Å². The van der Waals surface area contributed by atoms with E-state index >= 15 is 0 Å². The van der Waals surface area contributed by atoms with Crippen molar-refractivity contribution in [3.63, 3.8) is 0 Å². The molecule has 1 aromatic heterocycles. The summed E-state index contributed by atoms with van der Waals surface area (Å²) in [6.45, 7) is 6.36. The van der Waals surface area contributed by atoms with Crippen molar-refractivity contribution in [1.82, 2.24) is 4.98 Å². The highest BCUT2D eigenvalue weighted by Gasteiger charge is 2.12. The summed E-state index contributed by atoms with van der Waals surface area (Å²) in [5, 5.41) is 10.5. The zero-order valence-corrected chi connectivity index (χ0v) is 16.5. The lowest BCUT2D eigenvalue weighted by Crippen LogP contribution is -2.03. The quantitative estimate of drug-likeness (QED) is 0.607. The van der Waals surface area contributed by atoms with Crippen LogP contribution in [0.1, 0.15) is 33.7 Å². The summed E-state index contributed by atoms with van der Waals surface area (Å²) in [4.78, 5) is 15.4. The normalized spacial score (nSPS) is 11.1. The Morgan fingerprint density at radius 1 is 1.19 bits per heavy atom. The van der Waals surface area contributed by atoms with Gasteiger partial charge in [0.05, 0.1) is 15.2 Å². The van der Waals surface area contributed by atoms with Crippen LogP contribution in [0.2, 0.25) is 5.02 Å². The van der Waals surface area contributed by atoms with E-state index in [2.05, 4.69) is 4.98 Å². The third-order valence-electron chi connectivity index (χ3n) is 4.49. The van der Waals surface area contributed by atoms with E-state index in [0.29, 0.717) is 18.1 Å². The van der Waals surface area contributed by atoms with E-state index in [-0.39, 0.29) is 6.42 Å². The van der Waals surface area contributed by atoms with Crippen LogP contribution in [0.5, 0.6) is 5.75 Å². The number of aromatic nitrogens is 1. The second-order valence-corrected chi connectivity index (χ2v) is 7.97. The molecule has 6 heteroatoms. The average Bonchev–Trinajstić information content (AvgIpc) is 2.95. The van der Waals surface area contributed by atoms with Gasteiger partial charge in [0.1, 0.15) is 12.4 Å². The van der Waals surface area contributed by atoms with Gasteiger partial charge in [0, 0.05) is 17.0 Å². The summed E-state index contributed by atoms with van der Waals surface area (Å²) in [6.07, 6.45) is 0.652. The van der Waals surface area contributed by atoms with Crippen molar-refractivity contribution >= 4 is 39.1 Å². The zero-order chi connectivity index (χ0) is 18.8. The minimum atomic E-state index is -0.786. The minimum absolute atomic E-state index is 0.129. The van der Waals surface area contributed by atoms with Gasteiger partial charge in [-0.2, -0.15) is 0 Å². The van der Waals surface area contributed by atoms with Crippen molar-refractivity contribution in [2.45, 2.75) is 40.2 Å². The molecule has 3 rings (SSSR count). The molecule has 0 spiro atoms. The Hall–Kier alpha value is -2.11. The van der Waals surface area contributed by atoms with Gasteiger partial charge < -0.3 is 9.84 Å². The van der Waals surface area contributed by atoms with E-state index < -0.39 is 5.97 Å². The van der Waals surface area contributed by atoms with E-state index in [0.717, 1.165) is 43.2 Å². The van der Waals surface area contributed by atoms with Crippen LogP contribution < -0.4 is 4.74 Å². The zero-order valence-electron chi connectivity index (χ0n) is 14.9. The molecule has 0 saturated heterocycles. The second-order valence-electron chi connectivity index (χ2n) is 6.30. The Balaban J connectivity index is 1.82. The first-order valence-electron chi connectivity index (χ1n) is 8.34. The van der Waals surface area contributed by atoms with Gasteiger partial charge in [-0.25, -0.2) is 4.98 Å². The summed E-state index contributed by atoms with van der Waals surface area (Å²) in [5.74, 6) is 0.00700. The largest absolute Gasteiger partial charge is 0.489 e. The number of ether oxygens (including phenoxy) is 1. The molecule has 0 radical (unpaired) electrons. The van der Waals surface area contributed by atoms with Crippen molar-refractivity contribution in [3.05, 3.63) is 56.5 Å². The lowest BCUT2D eigenvalue weighted by Gasteiger charge is -2.14. The standard InChI is InChI=1S/C20H20ClNO3S/c1-11-12(2)17(6-4-14(11)5-7-19(23)24)25-10-15-8-16(21)9-18-20(15)22-13(3)26-18/h4,6,8-9H,5,7,10H2,1-3H3,(H,23,24). The van der Waals surface area contributed by atoms with Gasteiger partial charge in [-0.05, 0) is 62.1 Å². The molecule has 0 bridgehead atoms. The fourth-order valence-electron chi connectivity index (χ4n) is 2.96. The Morgan fingerprint density at radius 3 is 2.69 bits per heavy atom. The first-order valence-corrected chi connectivity index (χ1v) is 9.54. The number of aryl methyl sites for hydroxylation is 2. The number of carbonyl (C=O) groups is 1. The fourth-order valence-corrected chi connectivity index (χ4v) is 4.18. The number of rotatable bonds is 6. The van der Waals surface area contributed by atoms with Gasteiger partial charge in [-0.3, -0.25) is 4.79 Å². The molecule has 26 heavy (non-hydrogen) atoms. The SMILES string of the molecule is Cc1nc2c(COc3ccc(CCC(=O)O)c(C)c3C)cc(Cl)cc2s1. The van der Waals surface area contributed by atoms with Crippen LogP contribution in [0.3, 0.4) is 0 Å². The fraction of sp³-hybridized carbons (Fsp3) is 0.300. The molecule has 0 amide bonds. The van der Waals surface area contributed by atoms with Gasteiger partial charge >= 0.3 is 5.97 Å². The number of nitrogens with zero attached hydrogens (tertiary/aromatic N) is 1. The molecular formula is C20H20ClNO3S. The molecule has 0 atom stereocenters. The minimum Gasteiger partial charge on any atom is -0.489 e. The number of hydrogen-bond acceptors (Lipinski definition) is 4. The van der Waals surface area contributed by atoms with Crippen LogP contribution in [0, 0.1) is 20.8 Å². The third-order valence-corrected chi connectivity index (χ3v) is 5.62. The maximum atomic E-state index is 10.8. The Labute approximate surface area is 161 Å². The Kier molecular flexibility index (Phi) is 5.49. The van der Waals surface area contributed by atoms with Gasteiger partial charge in [0.15, 0.2) is 0 Å². The van der Waals surface area contributed by atoms with Gasteiger partial charge in [-0.15, -0.1) is 11.3 Å². The molecule has 0 aliphatic carbocycles. The van der Waals surface area contributed by atoms with Crippen molar-refractivity contribution in [2.24, 2.45) is 0 Å². The number of hydrogen-bond donors (Lipinski definition) is 1. The second kappa shape index (κ2) is 7.64. The number of halogens is 1. The summed E-state index contributed by atoms with van der Waals surface area (Å²) >= 11 is 7.85. The van der Waals surface area contributed by atoms with Crippen LogP contribution in [0.15, 0.2) is 24.3 Å². The predicted octanol–water partition coefficient (Wildman–Crippen LogP) is 5.47. The first kappa shape index (κ1) is 18.7. The molecule has 4 nitrogen and oxygen atoms in total. The van der Waals surface area contributed by atoms with E-state index in [1.165, 1.54) is 0 Å². The van der Waals surface area contributed by atoms with E-state index in [9.17, 15) is 4.79 Å². The maximum absolute atomic E-state index is 10.8. The van der Waals surface area contributed by atoms with Crippen molar-refractivity contribution in [2.75, 3.05) is 0 Å². The summed E-state index contributed by atoms with van der Waals surface area (Å²) in [7, 11) is 0. The maximum Gasteiger partial charge on any atom is 0.303 e. The number of benzene rings is 2. The average molecular weight is 390 g/mol. The molecule has 0 saturated carbocycles. The summed E-state index contributed by atoms with van der Waals surface area (Å²) < 4.78 is 7.11. The molecule has 3 aromatic rings. The molecular weight excluding hydrogens is 370 g/mol. The molecule has 2 aromatic carbocycles. The van der Waals surface area contributed by atoms with Crippen LogP contribution >= 0.6 is 22.9 Å². The van der Waals surface area contributed by atoms with Crippen LogP contribution in [0.25, 0.3) is 10.2 Å². The number of carboxylic acid groups (broad SMARTS) is 1. The highest BCUT2D eigenvalue weighted by Crippen LogP contribution is 2.30. The van der Waals surface area contributed by atoms with Crippen molar-refractivity contribution in [1.29, 1.82) is 0 Å². The van der Waals surface area contributed by atoms with E-state index in [1.54, 1.807) is 11.3 Å². The molecule has 1 N–H and O–H groups in total. The lowest BCUT2D eigenvalue weighted by atomic mass is 9.99. The molecule has 0 aliphatic heterocycles. The molecule has 136 valence electrons. The van der Waals surface area contributed by atoms with Gasteiger partial charge in [0.2, 0.25) is 0 Å². The number of aliphatic carboxylic acids is 1. The van der Waals surface area contributed by atoms with Crippen LogP contribution in [-0.4, -0.2) is 16.1 Å². The van der Waals surface area contributed by atoms with E-state index in [4.69, 9.17) is 21.4 Å². The monoisotopic (exact) mass is 389 g/mol. The van der Waals surface area contributed by atoms with Crippen LogP contribution in [0.4, 0.5) is 0 Å². The molecule has 1 heterocycles. The number of carboxylic acids is 1. The summed E-state index contributed by atoms with van der Waals surface area (Å²) in [6, 6.07) is 7.68. The Morgan fingerprint density at radius 2 is 1.96 bits per heavy atom. The number of thiazole rings is 1. The Bertz CT molecular complexity index is 981. The van der Waals surface area contributed by atoms with Gasteiger partial charge in [-0.1, -0.05) is 17.7 Å². The molecule has 0 aliphatic rings. The van der Waals surface area contributed by atoms with Crippen molar-refractivity contribution < 1.29 is 14.6 Å². The van der Waals surface area contributed by atoms with E-state index in [1.807, 2.05) is 45.0 Å². The van der Waals surface area contributed by atoms with Gasteiger partial charge in [0.25, 0.3) is 0 Å². The number of fused-ring (bicyclic) bond motifs is 1. The lowest BCUT2D eigenvalue weighted by molar-refractivity contribution is -0.136. The third kappa shape index (κ3) is 4.00. The highest BCUT2D eigenvalue weighted by molar-refractivity contribution is 7.18. The van der Waals surface area contributed by atoms with Crippen molar-refractivity contribution in [3.8, 4) is 5.75 Å². The predicted molar refractivity (Wildman–Crippen MR) is 106 cm³/mol. The molecule has 0 fully saturated rings.